The summed E-state index contributed by atoms with van der Waals surface area (Å²) in [6.45, 7) is 3.47. The summed E-state index contributed by atoms with van der Waals surface area (Å²) in [5, 5.41) is 4.64. The first-order chi connectivity index (χ1) is 11.6. The van der Waals surface area contributed by atoms with Crippen LogP contribution in [-0.4, -0.2) is 54.9 Å². The van der Waals surface area contributed by atoms with E-state index >= 15 is 0 Å². The molecular formula is C17H20N4O3. The predicted molar refractivity (Wildman–Crippen MR) is 89.6 cm³/mol. The van der Waals surface area contributed by atoms with Crippen molar-refractivity contribution in [3.8, 4) is 0 Å². The minimum atomic E-state index is -0.324. The normalized spacial score (nSPS) is 15.9. The van der Waals surface area contributed by atoms with E-state index in [0.717, 1.165) is 26.2 Å². The van der Waals surface area contributed by atoms with E-state index in [-0.39, 0.29) is 17.6 Å². The van der Waals surface area contributed by atoms with Crippen molar-refractivity contribution in [1.29, 1.82) is 0 Å². The van der Waals surface area contributed by atoms with E-state index in [9.17, 15) is 9.59 Å². The van der Waals surface area contributed by atoms with Crippen molar-refractivity contribution in [3.63, 3.8) is 0 Å². The van der Waals surface area contributed by atoms with E-state index in [2.05, 4.69) is 22.7 Å². The first-order valence-electron chi connectivity index (χ1n) is 7.81. The fourth-order valence-corrected chi connectivity index (χ4v) is 2.43. The van der Waals surface area contributed by atoms with Crippen molar-refractivity contribution < 1.29 is 14.0 Å². The predicted octanol–water partition coefficient (Wildman–Crippen LogP) is 1.42. The van der Waals surface area contributed by atoms with Gasteiger partial charge in [0.15, 0.2) is 5.76 Å². The van der Waals surface area contributed by atoms with Gasteiger partial charge in [-0.05, 0) is 43.4 Å². The number of nitrogens with one attached hydrogen (secondary N) is 2. The van der Waals surface area contributed by atoms with Gasteiger partial charge in [-0.2, -0.15) is 0 Å². The Morgan fingerprint density at radius 3 is 2.33 bits per heavy atom. The highest BCUT2D eigenvalue weighted by atomic mass is 16.3. The molecule has 24 heavy (non-hydrogen) atoms. The number of furan rings is 1. The van der Waals surface area contributed by atoms with Gasteiger partial charge in [-0.3, -0.25) is 15.0 Å². The van der Waals surface area contributed by atoms with Gasteiger partial charge >= 0.3 is 0 Å². The highest BCUT2D eigenvalue weighted by Gasteiger charge is 2.16. The second kappa shape index (κ2) is 7.29. The summed E-state index contributed by atoms with van der Waals surface area (Å²) < 4.78 is 5.04. The van der Waals surface area contributed by atoms with Crippen LogP contribution in [0.4, 0.5) is 5.69 Å². The molecular weight excluding hydrogens is 308 g/mol. The third kappa shape index (κ3) is 4.01. The van der Waals surface area contributed by atoms with E-state index < -0.39 is 0 Å². The number of rotatable bonds is 4. The third-order valence-electron chi connectivity index (χ3n) is 3.91. The smallest absolute Gasteiger partial charge is 0.291 e. The zero-order valence-electron chi connectivity index (χ0n) is 13.5. The Bertz CT molecular complexity index is 689. The maximum absolute atomic E-state index is 12.2. The number of hydrazine groups is 1. The molecule has 2 N–H and O–H groups in total. The maximum atomic E-state index is 12.2. The molecule has 2 aromatic rings. The number of likely N-dealkylation sites (N-methyl/N-ethyl adjacent to an activating group) is 1. The van der Waals surface area contributed by atoms with Crippen LogP contribution in [-0.2, 0) is 0 Å². The number of benzene rings is 1. The third-order valence-corrected chi connectivity index (χ3v) is 3.91. The molecule has 0 atom stereocenters. The van der Waals surface area contributed by atoms with Crippen LogP contribution >= 0.6 is 0 Å². The summed E-state index contributed by atoms with van der Waals surface area (Å²) in [6, 6.07) is 10.00. The van der Waals surface area contributed by atoms with E-state index in [0.29, 0.717) is 11.3 Å². The largest absolute Gasteiger partial charge is 0.459 e. The van der Waals surface area contributed by atoms with Crippen LogP contribution in [0.2, 0.25) is 0 Å². The number of carbonyl (C=O) groups is 2. The molecule has 126 valence electrons. The molecule has 0 radical (unpaired) electrons. The first-order valence-corrected chi connectivity index (χ1v) is 7.81. The summed E-state index contributed by atoms with van der Waals surface area (Å²) in [5.41, 5.74) is 4.05. The van der Waals surface area contributed by atoms with Gasteiger partial charge in [0.2, 0.25) is 0 Å². The average molecular weight is 328 g/mol. The number of carbonyl (C=O) groups excluding carboxylic acids is 2. The zero-order valence-corrected chi connectivity index (χ0v) is 13.5. The molecule has 2 heterocycles. The van der Waals surface area contributed by atoms with Gasteiger partial charge in [0.1, 0.15) is 0 Å². The van der Waals surface area contributed by atoms with Crippen LogP contribution in [0.25, 0.3) is 0 Å². The van der Waals surface area contributed by atoms with Gasteiger partial charge in [0.05, 0.1) is 6.26 Å². The number of anilines is 1. The standard InChI is InChI=1S/C17H20N4O3/c1-20-8-10-21(11-9-20)19-16(22)13-4-6-14(7-5-13)18-17(23)15-3-2-12-24-15/h2-7,12H,8-11H2,1H3,(H,18,23)(H,19,22). The monoisotopic (exact) mass is 328 g/mol. The number of hydrogen-bond donors (Lipinski definition) is 2. The Morgan fingerprint density at radius 1 is 1.00 bits per heavy atom. The molecule has 1 aliphatic rings. The van der Waals surface area contributed by atoms with Gasteiger partial charge in [-0.1, -0.05) is 0 Å². The zero-order chi connectivity index (χ0) is 16.9. The van der Waals surface area contributed by atoms with Crippen molar-refractivity contribution >= 4 is 17.5 Å². The van der Waals surface area contributed by atoms with Crippen molar-refractivity contribution in [2.24, 2.45) is 0 Å². The van der Waals surface area contributed by atoms with Crippen molar-refractivity contribution in [1.82, 2.24) is 15.3 Å². The van der Waals surface area contributed by atoms with Crippen molar-refractivity contribution in [3.05, 3.63) is 54.0 Å². The van der Waals surface area contributed by atoms with Gasteiger partial charge < -0.3 is 14.6 Å². The Balaban J connectivity index is 1.55. The van der Waals surface area contributed by atoms with Crippen LogP contribution in [0.15, 0.2) is 47.1 Å². The average Bonchev–Trinajstić information content (AvgIpc) is 3.12. The Hall–Kier alpha value is -2.64. The van der Waals surface area contributed by atoms with Crippen LogP contribution < -0.4 is 10.7 Å². The lowest BCUT2D eigenvalue weighted by molar-refractivity contribution is 0.0662. The lowest BCUT2D eigenvalue weighted by atomic mass is 10.2. The lowest BCUT2D eigenvalue weighted by Gasteiger charge is -2.32. The molecule has 1 aliphatic heterocycles. The molecule has 1 aromatic heterocycles. The molecule has 0 spiro atoms. The second-order valence-corrected chi connectivity index (χ2v) is 5.74. The van der Waals surface area contributed by atoms with Crippen molar-refractivity contribution in [2.45, 2.75) is 0 Å². The van der Waals surface area contributed by atoms with E-state index in [4.69, 9.17) is 4.42 Å². The molecule has 0 unspecified atom stereocenters. The van der Waals surface area contributed by atoms with Gasteiger partial charge in [-0.25, -0.2) is 5.01 Å². The molecule has 1 fully saturated rings. The van der Waals surface area contributed by atoms with Gasteiger partial charge in [0, 0.05) is 37.4 Å². The Morgan fingerprint density at radius 2 is 1.71 bits per heavy atom. The van der Waals surface area contributed by atoms with Crippen LogP contribution in [0.1, 0.15) is 20.9 Å². The number of piperazine rings is 1. The molecule has 7 nitrogen and oxygen atoms in total. The summed E-state index contributed by atoms with van der Waals surface area (Å²) in [7, 11) is 2.06. The van der Waals surface area contributed by atoms with E-state index in [1.807, 2.05) is 5.01 Å². The summed E-state index contributed by atoms with van der Waals surface area (Å²) in [5.74, 6) is -0.231. The Labute approximate surface area is 140 Å². The van der Waals surface area contributed by atoms with Crippen LogP contribution in [0.5, 0.6) is 0 Å². The fraction of sp³-hybridized carbons (Fsp3) is 0.294. The summed E-state index contributed by atoms with van der Waals surface area (Å²) in [4.78, 5) is 26.4. The number of amides is 2. The fourth-order valence-electron chi connectivity index (χ4n) is 2.43. The highest BCUT2D eigenvalue weighted by molar-refractivity contribution is 6.02. The molecule has 1 aromatic carbocycles. The Kier molecular flexibility index (Phi) is 4.93. The molecule has 0 saturated carbocycles. The van der Waals surface area contributed by atoms with E-state index in [1.165, 1.54) is 6.26 Å². The maximum Gasteiger partial charge on any atom is 0.291 e. The first kappa shape index (κ1) is 16.2. The van der Waals surface area contributed by atoms with Crippen LogP contribution in [0, 0.1) is 0 Å². The van der Waals surface area contributed by atoms with Gasteiger partial charge in [0.25, 0.3) is 11.8 Å². The molecule has 7 heteroatoms. The SMILES string of the molecule is CN1CCN(NC(=O)c2ccc(NC(=O)c3ccco3)cc2)CC1. The molecule has 3 rings (SSSR count). The second-order valence-electron chi connectivity index (χ2n) is 5.74. The molecule has 0 aliphatic carbocycles. The van der Waals surface area contributed by atoms with Gasteiger partial charge in [-0.15, -0.1) is 0 Å². The van der Waals surface area contributed by atoms with E-state index in [1.54, 1.807) is 36.4 Å². The molecule has 2 amide bonds. The summed E-state index contributed by atoms with van der Waals surface area (Å²) >= 11 is 0. The minimum absolute atomic E-state index is 0.150. The number of nitrogens with zero attached hydrogens (tertiary/aromatic N) is 2. The minimum Gasteiger partial charge on any atom is -0.459 e. The van der Waals surface area contributed by atoms with Crippen LogP contribution in [0.3, 0.4) is 0 Å². The highest BCUT2D eigenvalue weighted by Crippen LogP contribution is 2.12. The molecule has 1 saturated heterocycles. The summed E-state index contributed by atoms with van der Waals surface area (Å²) in [6.07, 6.45) is 1.45. The van der Waals surface area contributed by atoms with Crippen molar-refractivity contribution in [2.75, 3.05) is 38.5 Å². The lowest BCUT2D eigenvalue weighted by Crippen LogP contribution is -2.52. The molecule has 0 bridgehead atoms. The number of hydrogen-bond acceptors (Lipinski definition) is 5. The topological polar surface area (TPSA) is 77.8 Å². The quantitative estimate of drug-likeness (QED) is 0.888.